The van der Waals surface area contributed by atoms with Crippen LogP contribution in [0.2, 0.25) is 0 Å². The third kappa shape index (κ3) is 2.56. The van der Waals surface area contributed by atoms with E-state index in [-0.39, 0.29) is 12.0 Å². The zero-order valence-electron chi connectivity index (χ0n) is 9.92. The minimum atomic E-state index is -0.848. The highest BCUT2D eigenvalue weighted by atomic mass is 35.5. The molecule has 1 heterocycles. The molecule has 0 N–H and O–H groups in total. The molecule has 0 saturated carbocycles. The van der Waals surface area contributed by atoms with Crippen molar-refractivity contribution in [3.63, 3.8) is 0 Å². The van der Waals surface area contributed by atoms with E-state index in [0.717, 1.165) is 23.8 Å². The van der Waals surface area contributed by atoms with Gasteiger partial charge in [0.25, 0.3) is 0 Å². The number of benzene rings is 1. The van der Waals surface area contributed by atoms with E-state index in [0.29, 0.717) is 0 Å². The highest BCUT2D eigenvalue weighted by Gasteiger charge is 2.18. The molecule has 1 atom stereocenters. The Morgan fingerprint density at radius 2 is 2.06 bits per heavy atom. The zero-order valence-corrected chi connectivity index (χ0v) is 10.7. The summed E-state index contributed by atoms with van der Waals surface area (Å²) in [6.07, 6.45) is 2.51. The maximum absolute atomic E-state index is 13.5. The standard InChI is InChI=1S/C14H13ClF2O/c1-2-13-10(6-7-18-13)11(15)8-9-4-3-5-12(16)14(9)17/h3-7,11H,2,8H2,1H3. The molecule has 0 spiro atoms. The second-order valence-electron chi connectivity index (χ2n) is 4.04. The van der Waals surface area contributed by atoms with Gasteiger partial charge in [0.1, 0.15) is 5.76 Å². The Labute approximate surface area is 109 Å². The molecule has 96 valence electrons. The topological polar surface area (TPSA) is 13.1 Å². The van der Waals surface area contributed by atoms with E-state index in [4.69, 9.17) is 16.0 Å². The van der Waals surface area contributed by atoms with Crippen LogP contribution in [-0.4, -0.2) is 0 Å². The summed E-state index contributed by atoms with van der Waals surface area (Å²) >= 11 is 6.24. The number of aryl methyl sites for hydroxylation is 1. The smallest absolute Gasteiger partial charge is 0.162 e. The first-order valence-corrected chi connectivity index (χ1v) is 6.20. The molecule has 1 nitrogen and oxygen atoms in total. The fraction of sp³-hybridized carbons (Fsp3) is 0.286. The summed E-state index contributed by atoms with van der Waals surface area (Å²) in [6.45, 7) is 1.95. The summed E-state index contributed by atoms with van der Waals surface area (Å²) in [5.74, 6) is -0.893. The first-order valence-electron chi connectivity index (χ1n) is 5.76. The van der Waals surface area contributed by atoms with Gasteiger partial charge in [-0.05, 0) is 24.1 Å². The molecule has 0 amide bonds. The number of rotatable bonds is 4. The monoisotopic (exact) mass is 270 g/mol. The fourth-order valence-corrected chi connectivity index (χ4v) is 2.29. The molecule has 1 unspecified atom stereocenters. The van der Waals surface area contributed by atoms with E-state index in [1.54, 1.807) is 18.4 Å². The molecule has 0 fully saturated rings. The first kappa shape index (κ1) is 13.1. The van der Waals surface area contributed by atoms with Crippen molar-refractivity contribution in [1.82, 2.24) is 0 Å². The molecule has 0 saturated heterocycles. The van der Waals surface area contributed by atoms with Crippen LogP contribution in [0, 0.1) is 11.6 Å². The van der Waals surface area contributed by atoms with Crippen LogP contribution in [0.3, 0.4) is 0 Å². The van der Waals surface area contributed by atoms with E-state index in [9.17, 15) is 8.78 Å². The van der Waals surface area contributed by atoms with E-state index < -0.39 is 17.0 Å². The second-order valence-corrected chi connectivity index (χ2v) is 4.56. The van der Waals surface area contributed by atoms with Gasteiger partial charge in [-0.1, -0.05) is 19.1 Å². The van der Waals surface area contributed by atoms with Crippen LogP contribution in [0.1, 0.15) is 29.2 Å². The van der Waals surface area contributed by atoms with E-state index >= 15 is 0 Å². The van der Waals surface area contributed by atoms with Gasteiger partial charge in [-0.3, -0.25) is 0 Å². The van der Waals surface area contributed by atoms with Crippen LogP contribution in [-0.2, 0) is 12.8 Å². The second kappa shape index (κ2) is 5.53. The van der Waals surface area contributed by atoms with Gasteiger partial charge in [-0.25, -0.2) is 8.78 Å². The lowest BCUT2D eigenvalue weighted by Crippen LogP contribution is -2.01. The summed E-state index contributed by atoms with van der Waals surface area (Å²) < 4.78 is 31.9. The van der Waals surface area contributed by atoms with Crippen molar-refractivity contribution in [1.29, 1.82) is 0 Å². The normalized spacial score (nSPS) is 12.7. The summed E-state index contributed by atoms with van der Waals surface area (Å²) in [4.78, 5) is 0. The van der Waals surface area contributed by atoms with Crippen LogP contribution in [0.15, 0.2) is 34.9 Å². The Kier molecular flexibility index (Phi) is 4.02. The number of halogens is 3. The predicted molar refractivity (Wildman–Crippen MR) is 66.7 cm³/mol. The van der Waals surface area contributed by atoms with Gasteiger partial charge in [0.15, 0.2) is 11.6 Å². The van der Waals surface area contributed by atoms with Crippen LogP contribution in [0.5, 0.6) is 0 Å². The quantitative estimate of drug-likeness (QED) is 0.738. The van der Waals surface area contributed by atoms with E-state index in [2.05, 4.69) is 0 Å². The molecular formula is C14H13ClF2O. The lowest BCUT2D eigenvalue weighted by molar-refractivity contribution is 0.496. The fourth-order valence-electron chi connectivity index (χ4n) is 1.93. The molecule has 4 heteroatoms. The summed E-state index contributed by atoms with van der Waals surface area (Å²) in [7, 11) is 0. The number of hydrogen-bond acceptors (Lipinski definition) is 1. The van der Waals surface area contributed by atoms with Gasteiger partial charge in [-0.15, -0.1) is 11.6 Å². The van der Waals surface area contributed by atoms with Crippen molar-refractivity contribution in [3.05, 3.63) is 59.1 Å². The molecule has 2 aromatic rings. The number of furan rings is 1. The van der Waals surface area contributed by atoms with Crippen LogP contribution < -0.4 is 0 Å². The number of alkyl halides is 1. The van der Waals surface area contributed by atoms with Crippen LogP contribution in [0.25, 0.3) is 0 Å². The lowest BCUT2D eigenvalue weighted by Gasteiger charge is -2.10. The summed E-state index contributed by atoms with van der Waals surface area (Å²) in [5.41, 5.74) is 1.11. The zero-order chi connectivity index (χ0) is 13.1. The van der Waals surface area contributed by atoms with Gasteiger partial charge >= 0.3 is 0 Å². The van der Waals surface area contributed by atoms with Crippen molar-refractivity contribution in [3.8, 4) is 0 Å². The molecule has 1 aromatic carbocycles. The first-order chi connectivity index (χ1) is 8.63. The van der Waals surface area contributed by atoms with E-state index in [1.165, 1.54) is 6.07 Å². The van der Waals surface area contributed by atoms with Gasteiger partial charge < -0.3 is 4.42 Å². The van der Waals surface area contributed by atoms with E-state index in [1.807, 2.05) is 6.92 Å². The molecule has 0 aliphatic rings. The largest absolute Gasteiger partial charge is 0.469 e. The van der Waals surface area contributed by atoms with Gasteiger partial charge in [0.2, 0.25) is 0 Å². The summed E-state index contributed by atoms with van der Waals surface area (Å²) in [6, 6.07) is 5.89. The Morgan fingerprint density at radius 1 is 1.28 bits per heavy atom. The van der Waals surface area contributed by atoms with Gasteiger partial charge in [0.05, 0.1) is 11.6 Å². The Balaban J connectivity index is 2.21. The van der Waals surface area contributed by atoms with Gasteiger partial charge in [-0.2, -0.15) is 0 Å². The Hall–Kier alpha value is -1.35. The molecule has 2 rings (SSSR count). The molecular weight excluding hydrogens is 258 g/mol. The molecule has 0 aliphatic carbocycles. The molecule has 0 bridgehead atoms. The SMILES string of the molecule is CCc1occc1C(Cl)Cc1cccc(F)c1F. The third-order valence-electron chi connectivity index (χ3n) is 2.87. The highest BCUT2D eigenvalue weighted by Crippen LogP contribution is 2.30. The van der Waals surface area contributed by atoms with Gasteiger partial charge in [0, 0.05) is 12.0 Å². The Morgan fingerprint density at radius 3 is 2.78 bits per heavy atom. The third-order valence-corrected chi connectivity index (χ3v) is 3.26. The van der Waals surface area contributed by atoms with Crippen molar-refractivity contribution < 1.29 is 13.2 Å². The Bertz CT molecular complexity index is 536. The maximum atomic E-state index is 13.5. The molecule has 18 heavy (non-hydrogen) atoms. The number of hydrogen-bond donors (Lipinski definition) is 0. The molecule has 0 aliphatic heterocycles. The van der Waals surface area contributed by atoms with Crippen LogP contribution in [0.4, 0.5) is 8.78 Å². The van der Waals surface area contributed by atoms with Crippen molar-refractivity contribution in [2.24, 2.45) is 0 Å². The average molecular weight is 271 g/mol. The van der Waals surface area contributed by atoms with Crippen LogP contribution >= 0.6 is 11.6 Å². The van der Waals surface area contributed by atoms with Crippen molar-refractivity contribution in [2.45, 2.75) is 25.1 Å². The maximum Gasteiger partial charge on any atom is 0.162 e. The lowest BCUT2D eigenvalue weighted by atomic mass is 10.0. The van der Waals surface area contributed by atoms with Crippen molar-refractivity contribution in [2.75, 3.05) is 0 Å². The van der Waals surface area contributed by atoms with Crippen molar-refractivity contribution >= 4 is 11.6 Å². The minimum Gasteiger partial charge on any atom is -0.469 e. The molecule has 1 aromatic heterocycles. The summed E-state index contributed by atoms with van der Waals surface area (Å²) in [5, 5.41) is -0.421. The average Bonchev–Trinajstić information content (AvgIpc) is 2.83. The predicted octanol–water partition coefficient (Wildman–Crippen LogP) is 4.64. The minimum absolute atomic E-state index is 0.234. The molecule has 0 radical (unpaired) electrons. The highest BCUT2D eigenvalue weighted by molar-refractivity contribution is 6.21.